The second kappa shape index (κ2) is 9.93. The first-order valence-corrected chi connectivity index (χ1v) is 13.4. The van der Waals surface area contributed by atoms with Crippen LogP contribution in [0, 0.1) is 34.5 Å². The van der Waals surface area contributed by atoms with E-state index in [1.807, 2.05) is 0 Å². The van der Waals surface area contributed by atoms with Crippen LogP contribution in [0.4, 0.5) is 0 Å². The lowest BCUT2D eigenvalue weighted by atomic mass is 9.47. The van der Waals surface area contributed by atoms with Gasteiger partial charge in [-0.2, -0.15) is 0 Å². The highest BCUT2D eigenvalue weighted by molar-refractivity contribution is 5.25. The molecule has 1 nitrogen and oxygen atoms in total. The van der Waals surface area contributed by atoms with Crippen LogP contribution >= 0.6 is 0 Å². The molecule has 0 spiro atoms. The normalized spacial score (nSPS) is 41.9. The van der Waals surface area contributed by atoms with Crippen LogP contribution in [0.25, 0.3) is 0 Å². The highest BCUT2D eigenvalue weighted by Gasteiger charge is 2.58. The van der Waals surface area contributed by atoms with Gasteiger partial charge in [0.15, 0.2) is 0 Å². The van der Waals surface area contributed by atoms with Gasteiger partial charge in [-0.05, 0) is 99.2 Å². The zero-order valence-corrected chi connectivity index (χ0v) is 21.1. The summed E-state index contributed by atoms with van der Waals surface area (Å²) < 4.78 is 0. The van der Waals surface area contributed by atoms with E-state index in [9.17, 15) is 0 Å². The van der Waals surface area contributed by atoms with Crippen LogP contribution in [0.5, 0.6) is 0 Å². The molecule has 8 atom stereocenters. The van der Waals surface area contributed by atoms with Crippen LogP contribution in [0.2, 0.25) is 0 Å². The Kier molecular flexibility index (Phi) is 7.97. The van der Waals surface area contributed by atoms with Crippen molar-refractivity contribution in [2.75, 3.05) is 0 Å². The number of hydrogen-bond acceptors (Lipinski definition) is 1. The van der Waals surface area contributed by atoms with Gasteiger partial charge >= 0.3 is 0 Å². The molecular formula is C29H51N. The summed E-state index contributed by atoms with van der Waals surface area (Å²) in [4.78, 5) is 0. The van der Waals surface area contributed by atoms with E-state index in [4.69, 9.17) is 0 Å². The smallest absolute Gasteiger partial charge is 0.00748 e. The Morgan fingerprint density at radius 2 is 1.83 bits per heavy atom. The Morgan fingerprint density at radius 3 is 2.47 bits per heavy atom. The van der Waals surface area contributed by atoms with E-state index in [2.05, 4.69) is 65.6 Å². The maximum Gasteiger partial charge on any atom is 0.00748 e. The van der Waals surface area contributed by atoms with Gasteiger partial charge in [-0.25, -0.2) is 0 Å². The van der Waals surface area contributed by atoms with E-state index in [1.165, 1.54) is 70.6 Å². The number of hydrogen-bond donors (Lipinski definition) is 1. The van der Waals surface area contributed by atoms with Crippen LogP contribution in [0.3, 0.4) is 0 Å². The highest BCUT2D eigenvalue weighted by atomic mass is 15.0. The van der Waals surface area contributed by atoms with E-state index >= 15 is 0 Å². The monoisotopic (exact) mass is 413 g/mol. The molecule has 3 saturated carbocycles. The minimum atomic E-state index is 0.406. The van der Waals surface area contributed by atoms with Crippen molar-refractivity contribution >= 4 is 0 Å². The third kappa shape index (κ3) is 4.22. The first-order valence-electron chi connectivity index (χ1n) is 13.4. The molecule has 0 bridgehead atoms. The van der Waals surface area contributed by atoms with Crippen molar-refractivity contribution in [1.29, 1.82) is 0 Å². The molecule has 1 N–H and O–H groups in total. The highest BCUT2D eigenvalue weighted by Crippen LogP contribution is 2.66. The lowest BCUT2D eigenvalue weighted by Crippen LogP contribution is -2.52. The Labute approximate surface area is 188 Å². The Morgan fingerprint density at radius 1 is 1.07 bits per heavy atom. The fraction of sp³-hybridized carbons (Fsp3) is 0.862. The van der Waals surface area contributed by atoms with Crippen molar-refractivity contribution in [3.63, 3.8) is 0 Å². The van der Waals surface area contributed by atoms with E-state index in [-0.39, 0.29) is 0 Å². The molecule has 3 fully saturated rings. The minimum Gasteiger partial charge on any atom is -0.311 e. The van der Waals surface area contributed by atoms with Crippen LogP contribution in [0.1, 0.15) is 112 Å². The minimum absolute atomic E-state index is 0.406. The molecular weight excluding hydrogens is 362 g/mol. The average molecular weight is 414 g/mol. The van der Waals surface area contributed by atoms with Crippen LogP contribution < -0.4 is 5.32 Å². The van der Waals surface area contributed by atoms with Crippen molar-refractivity contribution in [3.05, 3.63) is 24.3 Å². The fourth-order valence-electron chi connectivity index (χ4n) is 8.71. The number of rotatable bonds is 9. The first kappa shape index (κ1) is 24.1. The van der Waals surface area contributed by atoms with E-state index < -0.39 is 0 Å². The lowest BCUT2D eigenvalue weighted by Gasteiger charge is -2.58. The number of allylic oxidation sites excluding steroid dienone is 3. The summed E-state index contributed by atoms with van der Waals surface area (Å²) in [5, 5.41) is 4.08. The largest absolute Gasteiger partial charge is 0.311 e. The van der Waals surface area contributed by atoms with Gasteiger partial charge in [0.05, 0.1) is 0 Å². The molecule has 0 aromatic heterocycles. The van der Waals surface area contributed by atoms with Gasteiger partial charge in [0, 0.05) is 12.1 Å². The maximum absolute atomic E-state index is 4.08. The SMILES string of the molecule is C=C/C=C1/CCC2C(CCC3(C)C(C(C)NC(CC)CCC)CCC23)C1(C)CCC. The van der Waals surface area contributed by atoms with E-state index in [0.29, 0.717) is 22.9 Å². The molecule has 3 aliphatic rings. The quantitative estimate of drug-likeness (QED) is 0.400. The van der Waals surface area contributed by atoms with Gasteiger partial charge in [-0.3, -0.25) is 0 Å². The second-order valence-electron chi connectivity index (χ2n) is 11.6. The van der Waals surface area contributed by atoms with Crippen LogP contribution in [-0.2, 0) is 0 Å². The molecule has 30 heavy (non-hydrogen) atoms. The second-order valence-corrected chi connectivity index (χ2v) is 11.6. The van der Waals surface area contributed by atoms with Gasteiger partial charge in [-0.1, -0.05) is 71.8 Å². The topological polar surface area (TPSA) is 12.0 Å². The predicted molar refractivity (Wildman–Crippen MR) is 133 cm³/mol. The summed E-state index contributed by atoms with van der Waals surface area (Å²) in [5.41, 5.74) is 2.66. The lowest BCUT2D eigenvalue weighted by molar-refractivity contribution is -0.0539. The third-order valence-corrected chi connectivity index (χ3v) is 10.1. The van der Waals surface area contributed by atoms with Crippen LogP contribution in [-0.4, -0.2) is 12.1 Å². The average Bonchev–Trinajstić information content (AvgIpc) is 3.07. The van der Waals surface area contributed by atoms with Crippen LogP contribution in [0.15, 0.2) is 24.3 Å². The molecule has 0 aromatic carbocycles. The van der Waals surface area contributed by atoms with Gasteiger partial charge in [-0.15, -0.1) is 0 Å². The van der Waals surface area contributed by atoms with Gasteiger partial charge in [0.25, 0.3) is 0 Å². The molecule has 172 valence electrons. The molecule has 1 heteroatoms. The zero-order chi connectivity index (χ0) is 21.9. The van der Waals surface area contributed by atoms with Gasteiger partial charge < -0.3 is 5.32 Å². The van der Waals surface area contributed by atoms with Gasteiger partial charge in [0.2, 0.25) is 0 Å². The summed E-state index contributed by atoms with van der Waals surface area (Å²) in [6, 6.07) is 1.37. The molecule has 0 aliphatic heterocycles. The standard InChI is InChI=1S/C29H51N/c1-8-12-22-14-15-24-26-17-16-25(21(5)30-23(11-4)13-9-2)29(26,7)20-18-27(24)28(22,6)19-10-3/h8,12,21,23-27,30H,1,9-11,13-20H2,2-7H3/b22-12-. The van der Waals surface area contributed by atoms with E-state index in [1.54, 1.807) is 5.57 Å². The van der Waals surface area contributed by atoms with Crippen molar-refractivity contribution < 1.29 is 0 Å². The van der Waals surface area contributed by atoms with E-state index in [0.717, 1.165) is 23.7 Å². The number of fused-ring (bicyclic) bond motifs is 3. The zero-order valence-electron chi connectivity index (χ0n) is 21.1. The molecule has 0 radical (unpaired) electrons. The maximum atomic E-state index is 4.08. The van der Waals surface area contributed by atoms with Gasteiger partial charge in [0.1, 0.15) is 0 Å². The predicted octanol–water partition coefficient (Wildman–Crippen LogP) is 8.31. The summed E-state index contributed by atoms with van der Waals surface area (Å²) in [5.74, 6) is 3.63. The number of nitrogens with one attached hydrogen (secondary N) is 1. The Balaban J connectivity index is 1.80. The molecule has 0 saturated heterocycles. The summed E-state index contributed by atoms with van der Waals surface area (Å²) in [6.07, 6.45) is 19.5. The Hall–Kier alpha value is -0.560. The summed E-state index contributed by atoms with van der Waals surface area (Å²) in [7, 11) is 0. The van der Waals surface area contributed by atoms with Crippen molar-refractivity contribution in [3.8, 4) is 0 Å². The van der Waals surface area contributed by atoms with Crippen molar-refractivity contribution in [1.82, 2.24) is 5.32 Å². The summed E-state index contributed by atoms with van der Waals surface area (Å²) in [6.45, 7) is 18.9. The van der Waals surface area contributed by atoms with Crippen molar-refractivity contribution in [2.24, 2.45) is 34.5 Å². The third-order valence-electron chi connectivity index (χ3n) is 10.1. The molecule has 0 amide bonds. The Bertz CT molecular complexity index is 605. The molecule has 8 unspecified atom stereocenters. The van der Waals surface area contributed by atoms with Crippen molar-refractivity contribution in [2.45, 2.75) is 124 Å². The molecule has 0 heterocycles. The summed E-state index contributed by atoms with van der Waals surface area (Å²) >= 11 is 0. The first-order chi connectivity index (χ1) is 14.4. The molecule has 3 aliphatic carbocycles. The molecule has 0 aromatic rings. The fourth-order valence-corrected chi connectivity index (χ4v) is 8.71. The molecule has 3 rings (SSSR count).